The highest BCUT2D eigenvalue weighted by molar-refractivity contribution is 5.14. The van der Waals surface area contributed by atoms with Crippen LogP contribution in [0.15, 0.2) is 30.3 Å². The molecule has 4 saturated carbocycles. The molecule has 144 valence electrons. The minimum atomic E-state index is -0.502. The summed E-state index contributed by atoms with van der Waals surface area (Å²) >= 11 is 0. The Morgan fingerprint density at radius 2 is 1.65 bits per heavy atom. The number of hydrogen-bond donors (Lipinski definition) is 2. The van der Waals surface area contributed by atoms with Crippen molar-refractivity contribution in [2.45, 2.75) is 56.8 Å². The normalized spacial score (nSPS) is 33.7. The van der Waals surface area contributed by atoms with Crippen molar-refractivity contribution >= 4 is 0 Å². The number of aliphatic hydroxyl groups is 2. The van der Waals surface area contributed by atoms with Crippen molar-refractivity contribution < 1.29 is 14.9 Å². The third kappa shape index (κ3) is 4.30. The van der Waals surface area contributed by atoms with Gasteiger partial charge in [0, 0.05) is 19.6 Å². The molecule has 4 nitrogen and oxygen atoms in total. The fraction of sp³-hybridized carbons (Fsp3) is 0.727. The Morgan fingerprint density at radius 1 is 1.04 bits per heavy atom. The molecule has 5 rings (SSSR count). The molecule has 4 fully saturated rings. The van der Waals surface area contributed by atoms with Crippen LogP contribution < -0.4 is 0 Å². The summed E-state index contributed by atoms with van der Waals surface area (Å²) in [7, 11) is 0. The average molecular weight is 360 g/mol. The topological polar surface area (TPSA) is 52.9 Å². The molecule has 0 aromatic heterocycles. The SMILES string of the molecule is OCCN(Cc1ccccc1)C[C@H](O)COC12CC3CC(CC(C3)C1)C2. The predicted molar refractivity (Wildman–Crippen MR) is 102 cm³/mol. The predicted octanol–water partition coefficient (Wildman–Crippen LogP) is 2.83. The first-order chi connectivity index (χ1) is 12.6. The Hall–Kier alpha value is -0.940. The number of nitrogens with zero attached hydrogens (tertiary/aromatic N) is 1. The lowest BCUT2D eigenvalue weighted by Crippen LogP contribution is -2.53. The van der Waals surface area contributed by atoms with E-state index in [1.165, 1.54) is 44.1 Å². The number of aliphatic hydroxyl groups excluding tert-OH is 2. The number of benzene rings is 1. The van der Waals surface area contributed by atoms with Gasteiger partial charge in [0.25, 0.3) is 0 Å². The highest BCUT2D eigenvalue weighted by Gasteiger charge is 2.51. The molecule has 4 aliphatic rings. The summed E-state index contributed by atoms with van der Waals surface area (Å²) in [6, 6.07) is 10.2. The molecule has 0 saturated heterocycles. The first-order valence-corrected chi connectivity index (χ1v) is 10.3. The molecule has 26 heavy (non-hydrogen) atoms. The minimum absolute atomic E-state index is 0.0525. The quantitative estimate of drug-likeness (QED) is 0.712. The van der Waals surface area contributed by atoms with Crippen LogP contribution in [0.1, 0.15) is 44.1 Å². The van der Waals surface area contributed by atoms with Gasteiger partial charge in [-0.15, -0.1) is 0 Å². The van der Waals surface area contributed by atoms with Gasteiger partial charge in [0.15, 0.2) is 0 Å². The summed E-state index contributed by atoms with van der Waals surface area (Å²) in [5.41, 5.74) is 1.26. The summed E-state index contributed by atoms with van der Waals surface area (Å²) in [6.45, 7) is 2.39. The van der Waals surface area contributed by atoms with Gasteiger partial charge < -0.3 is 14.9 Å². The Balaban J connectivity index is 1.29. The van der Waals surface area contributed by atoms with Gasteiger partial charge in [-0.3, -0.25) is 4.90 Å². The van der Waals surface area contributed by atoms with Crippen molar-refractivity contribution in [1.82, 2.24) is 4.90 Å². The first-order valence-electron chi connectivity index (χ1n) is 10.3. The van der Waals surface area contributed by atoms with Crippen LogP contribution in [0.25, 0.3) is 0 Å². The highest BCUT2D eigenvalue weighted by Crippen LogP contribution is 2.57. The molecule has 2 N–H and O–H groups in total. The van der Waals surface area contributed by atoms with Gasteiger partial charge in [0.1, 0.15) is 0 Å². The fourth-order valence-electron chi connectivity index (χ4n) is 6.05. The second kappa shape index (κ2) is 7.97. The van der Waals surface area contributed by atoms with Crippen LogP contribution in [0.2, 0.25) is 0 Å². The second-order valence-electron chi connectivity index (χ2n) is 9.01. The fourth-order valence-corrected chi connectivity index (χ4v) is 6.05. The van der Waals surface area contributed by atoms with E-state index in [2.05, 4.69) is 17.0 Å². The Kier molecular flexibility index (Phi) is 5.65. The van der Waals surface area contributed by atoms with Crippen LogP contribution in [0.4, 0.5) is 0 Å². The molecule has 4 aliphatic carbocycles. The molecule has 1 aromatic carbocycles. The van der Waals surface area contributed by atoms with Gasteiger partial charge >= 0.3 is 0 Å². The summed E-state index contributed by atoms with van der Waals surface area (Å²) in [6.07, 6.45) is 7.34. The van der Waals surface area contributed by atoms with Crippen LogP contribution in [-0.4, -0.2) is 53.1 Å². The second-order valence-corrected chi connectivity index (χ2v) is 9.01. The summed E-state index contributed by atoms with van der Waals surface area (Å²) in [5, 5.41) is 19.9. The van der Waals surface area contributed by atoms with Crippen molar-refractivity contribution in [1.29, 1.82) is 0 Å². The molecule has 1 atom stereocenters. The van der Waals surface area contributed by atoms with Crippen LogP contribution in [0.3, 0.4) is 0 Å². The lowest BCUT2D eigenvalue weighted by atomic mass is 9.54. The van der Waals surface area contributed by atoms with Crippen LogP contribution in [0, 0.1) is 17.8 Å². The lowest BCUT2D eigenvalue weighted by Gasteiger charge is -2.56. The van der Waals surface area contributed by atoms with E-state index in [1.807, 2.05) is 18.2 Å². The molecule has 0 unspecified atom stereocenters. The zero-order chi connectivity index (χ0) is 18.0. The van der Waals surface area contributed by atoms with Gasteiger partial charge in [0.05, 0.1) is 24.9 Å². The third-order valence-corrected chi connectivity index (χ3v) is 6.70. The maximum Gasteiger partial charge on any atom is 0.0900 e. The van der Waals surface area contributed by atoms with Gasteiger partial charge in [-0.1, -0.05) is 30.3 Å². The maximum absolute atomic E-state index is 10.6. The van der Waals surface area contributed by atoms with Crippen molar-refractivity contribution in [3.8, 4) is 0 Å². The van der Waals surface area contributed by atoms with E-state index in [9.17, 15) is 10.2 Å². The molecule has 0 amide bonds. The van der Waals surface area contributed by atoms with E-state index in [0.29, 0.717) is 19.7 Å². The van der Waals surface area contributed by atoms with Crippen molar-refractivity contribution in [3.05, 3.63) is 35.9 Å². The number of ether oxygens (including phenoxy) is 1. The maximum atomic E-state index is 10.6. The average Bonchev–Trinajstić information content (AvgIpc) is 2.60. The van der Waals surface area contributed by atoms with E-state index in [0.717, 1.165) is 24.3 Å². The van der Waals surface area contributed by atoms with Gasteiger partial charge in [-0.2, -0.15) is 0 Å². The van der Waals surface area contributed by atoms with Crippen molar-refractivity contribution in [2.75, 3.05) is 26.3 Å². The summed E-state index contributed by atoms with van der Waals surface area (Å²) < 4.78 is 6.39. The van der Waals surface area contributed by atoms with E-state index < -0.39 is 6.10 Å². The van der Waals surface area contributed by atoms with Crippen molar-refractivity contribution in [3.63, 3.8) is 0 Å². The molecule has 1 aromatic rings. The smallest absolute Gasteiger partial charge is 0.0900 e. The van der Waals surface area contributed by atoms with Crippen LogP contribution in [0.5, 0.6) is 0 Å². The van der Waals surface area contributed by atoms with Gasteiger partial charge in [-0.05, 0) is 61.8 Å². The zero-order valence-electron chi connectivity index (χ0n) is 15.7. The van der Waals surface area contributed by atoms with E-state index in [4.69, 9.17) is 4.74 Å². The highest BCUT2D eigenvalue weighted by atomic mass is 16.5. The largest absolute Gasteiger partial charge is 0.395 e. The van der Waals surface area contributed by atoms with Crippen LogP contribution in [-0.2, 0) is 11.3 Å². The minimum Gasteiger partial charge on any atom is -0.395 e. The third-order valence-electron chi connectivity index (χ3n) is 6.70. The Bertz CT molecular complexity index is 541. The zero-order valence-corrected chi connectivity index (χ0v) is 15.7. The summed E-state index contributed by atoms with van der Waals surface area (Å²) in [5.74, 6) is 2.59. The van der Waals surface area contributed by atoms with Crippen molar-refractivity contribution in [2.24, 2.45) is 17.8 Å². The Morgan fingerprint density at radius 3 is 2.23 bits per heavy atom. The van der Waals surface area contributed by atoms with E-state index in [1.54, 1.807) is 0 Å². The number of hydrogen-bond acceptors (Lipinski definition) is 4. The summed E-state index contributed by atoms with van der Waals surface area (Å²) in [4.78, 5) is 2.11. The van der Waals surface area contributed by atoms with E-state index in [-0.39, 0.29) is 12.2 Å². The van der Waals surface area contributed by atoms with Crippen LogP contribution >= 0.6 is 0 Å². The number of rotatable bonds is 9. The molecule has 0 heterocycles. The monoisotopic (exact) mass is 359 g/mol. The molecule has 4 heteroatoms. The van der Waals surface area contributed by atoms with Gasteiger partial charge in [-0.25, -0.2) is 0 Å². The molecular formula is C22H33NO3. The van der Waals surface area contributed by atoms with Gasteiger partial charge in [0.2, 0.25) is 0 Å². The Labute approximate surface area is 157 Å². The lowest BCUT2D eigenvalue weighted by molar-refractivity contribution is -0.176. The standard InChI is InChI=1S/C22H33NO3/c24-7-6-23(14-17-4-2-1-3-5-17)15-21(25)16-26-22-11-18-8-19(12-22)10-20(9-18)13-22/h1-5,18-21,24-25H,6-16H2/t18?,19?,20?,21-,22?/m0/s1. The first kappa shape index (κ1) is 18.4. The molecule has 0 spiro atoms. The molecule has 4 bridgehead atoms. The van der Waals surface area contributed by atoms with E-state index >= 15 is 0 Å². The molecule has 0 radical (unpaired) electrons. The molecule has 0 aliphatic heterocycles. The molecular weight excluding hydrogens is 326 g/mol.